The van der Waals surface area contributed by atoms with Gasteiger partial charge in [0.15, 0.2) is 0 Å². The van der Waals surface area contributed by atoms with Crippen LogP contribution in [0.4, 0.5) is 0 Å². The van der Waals surface area contributed by atoms with E-state index in [1.54, 1.807) is 11.8 Å². The maximum Gasteiger partial charge on any atom is 0.0935 e. The fraction of sp³-hybridized carbons (Fsp3) is 0.455. The van der Waals surface area contributed by atoms with Crippen molar-refractivity contribution in [3.05, 3.63) is 29.8 Å². The predicted molar refractivity (Wildman–Crippen MR) is 59.7 cm³/mol. The third kappa shape index (κ3) is 2.11. The molecule has 1 heterocycles. The van der Waals surface area contributed by atoms with Gasteiger partial charge in [0.2, 0.25) is 0 Å². The van der Waals surface area contributed by atoms with Crippen molar-refractivity contribution in [1.82, 2.24) is 5.32 Å². The molecule has 0 aliphatic carbocycles. The topological polar surface area (TPSA) is 32.3 Å². The van der Waals surface area contributed by atoms with Gasteiger partial charge < -0.3 is 10.4 Å². The minimum absolute atomic E-state index is 0.499. The molecular formula is C11H15NOS. The van der Waals surface area contributed by atoms with Crippen LogP contribution in [0.2, 0.25) is 0 Å². The van der Waals surface area contributed by atoms with Gasteiger partial charge in [-0.05, 0) is 24.0 Å². The van der Waals surface area contributed by atoms with E-state index in [-0.39, 0.29) is 0 Å². The number of β-amino-alcohol motifs (C(OH)–C–C–N with tert-alkyl or cyclic N) is 1. The lowest BCUT2D eigenvalue weighted by Crippen LogP contribution is -2.60. The van der Waals surface area contributed by atoms with Gasteiger partial charge in [-0.2, -0.15) is 0 Å². The van der Waals surface area contributed by atoms with E-state index >= 15 is 0 Å². The van der Waals surface area contributed by atoms with E-state index in [1.165, 1.54) is 10.5 Å². The zero-order chi connectivity index (χ0) is 10.0. The van der Waals surface area contributed by atoms with Crippen LogP contribution in [0.3, 0.4) is 0 Å². The maximum absolute atomic E-state index is 9.92. The lowest BCUT2D eigenvalue weighted by Gasteiger charge is -2.37. The Kier molecular flexibility index (Phi) is 2.81. The summed E-state index contributed by atoms with van der Waals surface area (Å²) in [6, 6.07) is 8.41. The first kappa shape index (κ1) is 10.0. The summed E-state index contributed by atoms with van der Waals surface area (Å²) < 4.78 is 0. The van der Waals surface area contributed by atoms with Crippen molar-refractivity contribution in [3.8, 4) is 0 Å². The van der Waals surface area contributed by atoms with Crippen molar-refractivity contribution in [2.24, 2.45) is 0 Å². The molecule has 0 amide bonds. The van der Waals surface area contributed by atoms with E-state index < -0.39 is 5.60 Å². The molecule has 2 N–H and O–H groups in total. The van der Waals surface area contributed by atoms with Crippen LogP contribution >= 0.6 is 11.8 Å². The number of hydrogen-bond acceptors (Lipinski definition) is 3. The second kappa shape index (κ2) is 3.93. The van der Waals surface area contributed by atoms with Gasteiger partial charge in [-0.25, -0.2) is 0 Å². The predicted octanol–water partition coefficient (Wildman–Crippen LogP) is 1.29. The fourth-order valence-electron chi connectivity index (χ4n) is 1.66. The minimum Gasteiger partial charge on any atom is -0.387 e. The maximum atomic E-state index is 9.92. The molecule has 0 atom stereocenters. The van der Waals surface area contributed by atoms with Gasteiger partial charge in [-0.15, -0.1) is 11.8 Å². The number of rotatable bonds is 3. The standard InChI is InChI=1S/C11H15NOS/c1-14-10-4-2-9(3-5-10)6-11(13)7-12-8-11/h2-5,12-13H,6-8H2,1H3. The Balaban J connectivity index is 2.02. The molecule has 0 saturated carbocycles. The van der Waals surface area contributed by atoms with Crippen LogP contribution in [0.5, 0.6) is 0 Å². The average Bonchev–Trinajstić information content (AvgIpc) is 2.17. The molecular weight excluding hydrogens is 194 g/mol. The molecule has 0 radical (unpaired) electrons. The normalized spacial score (nSPS) is 19.0. The van der Waals surface area contributed by atoms with Crippen LogP contribution in [0.1, 0.15) is 5.56 Å². The monoisotopic (exact) mass is 209 g/mol. The molecule has 1 aliphatic rings. The molecule has 1 fully saturated rings. The first-order valence-electron chi connectivity index (χ1n) is 4.78. The van der Waals surface area contributed by atoms with Gasteiger partial charge in [0.25, 0.3) is 0 Å². The molecule has 1 saturated heterocycles. The Bertz CT molecular complexity index is 306. The summed E-state index contributed by atoms with van der Waals surface area (Å²) in [6.45, 7) is 1.44. The van der Waals surface area contributed by atoms with E-state index in [9.17, 15) is 5.11 Å². The largest absolute Gasteiger partial charge is 0.387 e. The third-order valence-corrected chi connectivity index (χ3v) is 3.34. The Morgan fingerprint density at radius 1 is 1.36 bits per heavy atom. The molecule has 0 spiro atoms. The zero-order valence-corrected chi connectivity index (χ0v) is 9.10. The molecule has 1 aromatic rings. The molecule has 2 rings (SSSR count). The molecule has 14 heavy (non-hydrogen) atoms. The van der Waals surface area contributed by atoms with Crippen molar-refractivity contribution in [2.45, 2.75) is 16.9 Å². The summed E-state index contributed by atoms with van der Waals surface area (Å²) in [4.78, 5) is 1.27. The van der Waals surface area contributed by atoms with Crippen LogP contribution in [0, 0.1) is 0 Å². The number of hydrogen-bond donors (Lipinski definition) is 2. The van der Waals surface area contributed by atoms with Gasteiger partial charge in [0, 0.05) is 24.4 Å². The summed E-state index contributed by atoms with van der Waals surface area (Å²) in [5.74, 6) is 0. The first-order valence-corrected chi connectivity index (χ1v) is 6.00. The van der Waals surface area contributed by atoms with Crippen LogP contribution in [0.25, 0.3) is 0 Å². The van der Waals surface area contributed by atoms with Gasteiger partial charge in [0.05, 0.1) is 5.60 Å². The summed E-state index contributed by atoms with van der Waals surface area (Å²) in [5.41, 5.74) is 0.715. The second-order valence-electron chi connectivity index (χ2n) is 3.85. The van der Waals surface area contributed by atoms with Crippen LogP contribution in [-0.2, 0) is 6.42 Å². The lowest BCUT2D eigenvalue weighted by molar-refractivity contribution is -0.00902. The Hall–Kier alpha value is -0.510. The van der Waals surface area contributed by atoms with Crippen LogP contribution in [0.15, 0.2) is 29.2 Å². The summed E-state index contributed by atoms with van der Waals surface area (Å²) in [6.07, 6.45) is 2.83. The first-order chi connectivity index (χ1) is 6.72. The van der Waals surface area contributed by atoms with Gasteiger partial charge in [-0.1, -0.05) is 12.1 Å². The fourth-order valence-corrected chi connectivity index (χ4v) is 2.07. The highest BCUT2D eigenvalue weighted by Gasteiger charge is 2.33. The average molecular weight is 209 g/mol. The number of thioether (sulfide) groups is 1. The molecule has 1 aromatic carbocycles. The van der Waals surface area contributed by atoms with E-state index in [0.29, 0.717) is 0 Å². The number of benzene rings is 1. The van der Waals surface area contributed by atoms with Crippen molar-refractivity contribution in [2.75, 3.05) is 19.3 Å². The van der Waals surface area contributed by atoms with E-state index in [2.05, 4.69) is 35.8 Å². The van der Waals surface area contributed by atoms with Crippen molar-refractivity contribution in [3.63, 3.8) is 0 Å². The Morgan fingerprint density at radius 2 is 2.00 bits per heavy atom. The second-order valence-corrected chi connectivity index (χ2v) is 4.73. The Labute approximate surface area is 88.7 Å². The highest BCUT2D eigenvalue weighted by Crippen LogP contribution is 2.20. The van der Waals surface area contributed by atoms with E-state index in [1.807, 2.05) is 0 Å². The minimum atomic E-state index is -0.499. The van der Waals surface area contributed by atoms with Gasteiger partial charge in [-0.3, -0.25) is 0 Å². The molecule has 0 bridgehead atoms. The lowest BCUT2D eigenvalue weighted by atomic mass is 9.89. The zero-order valence-electron chi connectivity index (χ0n) is 8.29. The summed E-state index contributed by atoms with van der Waals surface area (Å²) >= 11 is 1.74. The van der Waals surface area contributed by atoms with Crippen molar-refractivity contribution >= 4 is 11.8 Å². The molecule has 0 unspecified atom stereocenters. The number of aliphatic hydroxyl groups is 1. The third-order valence-electron chi connectivity index (χ3n) is 2.60. The van der Waals surface area contributed by atoms with Gasteiger partial charge in [0.1, 0.15) is 0 Å². The molecule has 3 heteroatoms. The molecule has 76 valence electrons. The summed E-state index contributed by atoms with van der Waals surface area (Å²) in [7, 11) is 0. The molecule has 1 aliphatic heterocycles. The Morgan fingerprint density at radius 3 is 2.43 bits per heavy atom. The SMILES string of the molecule is CSc1ccc(CC2(O)CNC2)cc1. The molecule has 0 aromatic heterocycles. The smallest absolute Gasteiger partial charge is 0.0935 e. The van der Waals surface area contributed by atoms with Crippen LogP contribution < -0.4 is 5.32 Å². The van der Waals surface area contributed by atoms with Gasteiger partial charge >= 0.3 is 0 Å². The van der Waals surface area contributed by atoms with Crippen molar-refractivity contribution in [1.29, 1.82) is 0 Å². The van der Waals surface area contributed by atoms with Crippen molar-refractivity contribution < 1.29 is 5.11 Å². The number of nitrogens with one attached hydrogen (secondary N) is 1. The van der Waals surface area contributed by atoms with Crippen LogP contribution in [-0.4, -0.2) is 30.1 Å². The molecule has 2 nitrogen and oxygen atoms in total. The van der Waals surface area contributed by atoms with E-state index in [4.69, 9.17) is 0 Å². The highest BCUT2D eigenvalue weighted by atomic mass is 32.2. The quantitative estimate of drug-likeness (QED) is 0.736. The summed E-state index contributed by atoms with van der Waals surface area (Å²) in [5, 5.41) is 13.0. The highest BCUT2D eigenvalue weighted by molar-refractivity contribution is 7.98. The van der Waals surface area contributed by atoms with E-state index in [0.717, 1.165) is 19.5 Å².